The van der Waals surface area contributed by atoms with Crippen LogP contribution in [0.1, 0.15) is 20.3 Å². The fraction of sp³-hybridized carbons (Fsp3) is 0.438. The Balaban J connectivity index is 2.53. The minimum absolute atomic E-state index is 0.00296. The summed E-state index contributed by atoms with van der Waals surface area (Å²) in [6.07, 6.45) is 0.824. The zero-order chi connectivity index (χ0) is 17.1. The molecule has 0 bridgehead atoms. The molecular formula is C16H20BrN3O2S. The largest absolute Gasteiger partial charge is 0.348 e. The van der Waals surface area contributed by atoms with Crippen molar-refractivity contribution in [3.05, 3.63) is 33.0 Å². The van der Waals surface area contributed by atoms with Crippen LogP contribution in [-0.2, 0) is 11.3 Å². The molecule has 7 heteroatoms. The first-order valence-corrected chi connectivity index (χ1v) is 9.10. The monoisotopic (exact) mass is 397 g/mol. The maximum absolute atomic E-state index is 12.8. The van der Waals surface area contributed by atoms with Crippen molar-refractivity contribution in [2.45, 2.75) is 37.2 Å². The van der Waals surface area contributed by atoms with Crippen molar-refractivity contribution in [3.63, 3.8) is 0 Å². The van der Waals surface area contributed by atoms with Crippen molar-refractivity contribution in [2.75, 3.05) is 14.1 Å². The number of halogens is 1. The van der Waals surface area contributed by atoms with E-state index in [2.05, 4.69) is 20.9 Å². The van der Waals surface area contributed by atoms with Crippen LogP contribution in [0.25, 0.3) is 10.9 Å². The summed E-state index contributed by atoms with van der Waals surface area (Å²) in [5.41, 5.74) is 0.586. The Bertz CT molecular complexity index is 789. The topological polar surface area (TPSA) is 55.2 Å². The highest BCUT2D eigenvalue weighted by Gasteiger charge is 2.20. The van der Waals surface area contributed by atoms with E-state index in [0.717, 1.165) is 10.9 Å². The van der Waals surface area contributed by atoms with Crippen molar-refractivity contribution in [2.24, 2.45) is 0 Å². The smallest absolute Gasteiger partial charge is 0.262 e. The Kier molecular flexibility index (Phi) is 5.86. The first-order chi connectivity index (χ1) is 10.8. The molecule has 1 unspecified atom stereocenters. The third kappa shape index (κ3) is 3.95. The Hall–Kier alpha value is -1.34. The van der Waals surface area contributed by atoms with Gasteiger partial charge in [-0.25, -0.2) is 4.98 Å². The summed E-state index contributed by atoms with van der Waals surface area (Å²) in [6, 6.07) is 5.47. The molecule has 124 valence electrons. The van der Waals surface area contributed by atoms with Gasteiger partial charge in [0, 0.05) is 25.1 Å². The third-order valence-corrected chi connectivity index (χ3v) is 4.97. The lowest BCUT2D eigenvalue weighted by Gasteiger charge is -2.18. The Morgan fingerprint density at radius 2 is 2.13 bits per heavy atom. The number of fused-ring (bicyclic) bond motifs is 1. The molecule has 1 aromatic heterocycles. The minimum Gasteiger partial charge on any atom is -0.348 e. The summed E-state index contributed by atoms with van der Waals surface area (Å²) in [7, 11) is 3.45. The lowest BCUT2D eigenvalue weighted by Crippen LogP contribution is -2.31. The standard InChI is InChI=1S/C16H20BrN3O2S/c1-5-8-20-15(22)12-9-11(17)6-7-13(12)18-16(20)23-10(2)14(21)19(3)4/h6-7,9-10H,5,8H2,1-4H3. The Morgan fingerprint density at radius 1 is 1.43 bits per heavy atom. The summed E-state index contributed by atoms with van der Waals surface area (Å²) >= 11 is 4.72. The summed E-state index contributed by atoms with van der Waals surface area (Å²) < 4.78 is 2.52. The van der Waals surface area contributed by atoms with Crippen LogP contribution in [-0.4, -0.2) is 39.7 Å². The molecule has 0 saturated heterocycles. The normalized spacial score (nSPS) is 12.4. The molecule has 0 N–H and O–H groups in total. The van der Waals surface area contributed by atoms with E-state index >= 15 is 0 Å². The molecule has 0 radical (unpaired) electrons. The van der Waals surface area contributed by atoms with E-state index < -0.39 is 0 Å². The van der Waals surface area contributed by atoms with E-state index in [4.69, 9.17) is 0 Å². The van der Waals surface area contributed by atoms with Crippen LogP contribution in [0.5, 0.6) is 0 Å². The van der Waals surface area contributed by atoms with Gasteiger partial charge in [0.05, 0.1) is 16.2 Å². The number of aromatic nitrogens is 2. The number of carbonyl (C=O) groups is 1. The van der Waals surface area contributed by atoms with E-state index in [1.165, 1.54) is 11.8 Å². The number of hydrogen-bond donors (Lipinski definition) is 0. The Morgan fingerprint density at radius 3 is 2.74 bits per heavy atom. The summed E-state index contributed by atoms with van der Waals surface area (Å²) in [5, 5.41) is 0.881. The van der Waals surface area contributed by atoms with Crippen LogP contribution in [0.15, 0.2) is 32.6 Å². The van der Waals surface area contributed by atoms with E-state index in [-0.39, 0.29) is 16.7 Å². The molecule has 1 aromatic carbocycles. The summed E-state index contributed by atoms with van der Waals surface area (Å²) in [5.74, 6) is 0.00296. The average Bonchev–Trinajstić information content (AvgIpc) is 2.51. The third-order valence-electron chi connectivity index (χ3n) is 3.40. The first kappa shape index (κ1) is 18.0. The zero-order valence-electron chi connectivity index (χ0n) is 13.7. The minimum atomic E-state index is -0.298. The maximum atomic E-state index is 12.8. The highest BCUT2D eigenvalue weighted by molar-refractivity contribution is 9.10. The molecule has 0 aliphatic rings. The second-order valence-electron chi connectivity index (χ2n) is 5.51. The molecular weight excluding hydrogens is 378 g/mol. The van der Waals surface area contributed by atoms with Crippen LogP contribution in [0.3, 0.4) is 0 Å². The number of amides is 1. The molecule has 0 spiro atoms. The molecule has 2 aromatic rings. The fourth-order valence-electron chi connectivity index (χ4n) is 2.26. The van der Waals surface area contributed by atoms with Gasteiger partial charge in [-0.05, 0) is 31.5 Å². The maximum Gasteiger partial charge on any atom is 0.262 e. The number of carbonyl (C=O) groups excluding carboxylic acids is 1. The molecule has 0 aliphatic carbocycles. The number of hydrogen-bond acceptors (Lipinski definition) is 4. The fourth-order valence-corrected chi connectivity index (χ4v) is 3.70. The van der Waals surface area contributed by atoms with Crippen molar-refractivity contribution < 1.29 is 4.79 Å². The van der Waals surface area contributed by atoms with Gasteiger partial charge in [-0.3, -0.25) is 14.2 Å². The van der Waals surface area contributed by atoms with E-state index in [1.807, 2.05) is 26.0 Å². The van der Waals surface area contributed by atoms with Crippen LogP contribution in [0.2, 0.25) is 0 Å². The highest BCUT2D eigenvalue weighted by atomic mass is 79.9. The molecule has 1 amide bonds. The van der Waals surface area contributed by atoms with Gasteiger partial charge in [-0.2, -0.15) is 0 Å². The first-order valence-electron chi connectivity index (χ1n) is 7.43. The lowest BCUT2D eigenvalue weighted by atomic mass is 10.2. The van der Waals surface area contributed by atoms with E-state index in [0.29, 0.717) is 22.6 Å². The quantitative estimate of drug-likeness (QED) is 0.574. The van der Waals surface area contributed by atoms with Gasteiger partial charge in [-0.15, -0.1) is 0 Å². The van der Waals surface area contributed by atoms with Gasteiger partial charge in [-0.1, -0.05) is 34.6 Å². The van der Waals surface area contributed by atoms with E-state index in [9.17, 15) is 9.59 Å². The number of nitrogens with zero attached hydrogens (tertiary/aromatic N) is 3. The van der Waals surface area contributed by atoms with Gasteiger partial charge in [0.1, 0.15) is 0 Å². The second-order valence-corrected chi connectivity index (χ2v) is 7.73. The van der Waals surface area contributed by atoms with Gasteiger partial charge >= 0.3 is 0 Å². The summed E-state index contributed by atoms with van der Waals surface area (Å²) in [4.78, 5) is 31.0. The Labute approximate surface area is 148 Å². The van der Waals surface area contributed by atoms with Gasteiger partial charge in [0.2, 0.25) is 5.91 Å². The van der Waals surface area contributed by atoms with Crippen LogP contribution < -0.4 is 5.56 Å². The molecule has 2 rings (SSSR count). The number of benzene rings is 1. The average molecular weight is 398 g/mol. The van der Waals surface area contributed by atoms with Crippen molar-refractivity contribution in [1.29, 1.82) is 0 Å². The van der Waals surface area contributed by atoms with Crippen molar-refractivity contribution in [3.8, 4) is 0 Å². The second kappa shape index (κ2) is 7.49. The highest BCUT2D eigenvalue weighted by Crippen LogP contribution is 2.24. The molecule has 0 aliphatic heterocycles. The zero-order valence-corrected chi connectivity index (χ0v) is 16.1. The van der Waals surface area contributed by atoms with Crippen LogP contribution in [0, 0.1) is 0 Å². The van der Waals surface area contributed by atoms with Crippen LogP contribution >= 0.6 is 27.7 Å². The number of thioether (sulfide) groups is 1. The van der Waals surface area contributed by atoms with Crippen LogP contribution in [0.4, 0.5) is 0 Å². The van der Waals surface area contributed by atoms with Gasteiger partial charge in [0.15, 0.2) is 5.16 Å². The molecule has 0 fully saturated rings. The van der Waals surface area contributed by atoms with Gasteiger partial charge in [0.25, 0.3) is 5.56 Å². The SMILES string of the molecule is CCCn1c(SC(C)C(=O)N(C)C)nc2ccc(Br)cc2c1=O. The molecule has 5 nitrogen and oxygen atoms in total. The lowest BCUT2D eigenvalue weighted by molar-refractivity contribution is -0.127. The predicted octanol–water partition coefficient (Wildman–Crippen LogP) is 3.14. The molecule has 1 heterocycles. The van der Waals surface area contributed by atoms with Crippen molar-refractivity contribution >= 4 is 44.5 Å². The van der Waals surface area contributed by atoms with Gasteiger partial charge < -0.3 is 4.90 Å². The molecule has 23 heavy (non-hydrogen) atoms. The van der Waals surface area contributed by atoms with E-state index in [1.54, 1.807) is 29.6 Å². The number of rotatable bonds is 5. The van der Waals surface area contributed by atoms with Crippen molar-refractivity contribution in [1.82, 2.24) is 14.5 Å². The summed E-state index contributed by atoms with van der Waals surface area (Å²) in [6.45, 7) is 4.43. The molecule has 1 atom stereocenters. The molecule has 0 saturated carbocycles. The predicted molar refractivity (Wildman–Crippen MR) is 98.0 cm³/mol.